The van der Waals surface area contributed by atoms with Crippen molar-refractivity contribution in [1.29, 1.82) is 0 Å². The molecule has 0 aliphatic heterocycles. The van der Waals surface area contributed by atoms with Crippen molar-refractivity contribution in [3.63, 3.8) is 0 Å². The molecule has 2 N–H and O–H groups in total. The summed E-state index contributed by atoms with van der Waals surface area (Å²) in [7, 11) is 3.33. The predicted octanol–water partition coefficient (Wildman–Crippen LogP) is 1.05. The fourth-order valence-electron chi connectivity index (χ4n) is 1.61. The Morgan fingerprint density at radius 3 is 2.18 bits per heavy atom. The van der Waals surface area contributed by atoms with E-state index < -0.39 is 0 Å². The van der Waals surface area contributed by atoms with Gasteiger partial charge in [-0.25, -0.2) is 0 Å². The standard InChI is InChI=1S/C15H20ClN3O3/c1-19(2)14(21)8-10-17-13(20)7-9-18-15(22)11-3-5-12(16)6-4-11/h3-6H,7-10H2,1-2H3,(H,17,20)(H,18,22). The Hall–Kier alpha value is -2.08. The van der Waals surface area contributed by atoms with Crippen LogP contribution < -0.4 is 10.6 Å². The molecule has 0 saturated carbocycles. The summed E-state index contributed by atoms with van der Waals surface area (Å²) in [4.78, 5) is 36.1. The van der Waals surface area contributed by atoms with Crippen molar-refractivity contribution in [1.82, 2.24) is 15.5 Å². The lowest BCUT2D eigenvalue weighted by atomic mass is 10.2. The second-order valence-corrected chi connectivity index (χ2v) is 5.34. The van der Waals surface area contributed by atoms with Crippen LogP contribution in [0.25, 0.3) is 0 Å². The highest BCUT2D eigenvalue weighted by Gasteiger charge is 2.08. The highest BCUT2D eigenvalue weighted by molar-refractivity contribution is 6.30. The normalized spacial score (nSPS) is 9.95. The smallest absolute Gasteiger partial charge is 0.251 e. The van der Waals surface area contributed by atoms with E-state index in [1.165, 1.54) is 4.90 Å². The molecule has 0 unspecified atom stereocenters. The van der Waals surface area contributed by atoms with Gasteiger partial charge in [0.05, 0.1) is 0 Å². The molecule has 0 spiro atoms. The number of carbonyl (C=O) groups excluding carboxylic acids is 3. The van der Waals surface area contributed by atoms with E-state index in [-0.39, 0.29) is 37.1 Å². The van der Waals surface area contributed by atoms with Gasteiger partial charge in [0.2, 0.25) is 11.8 Å². The molecule has 3 amide bonds. The van der Waals surface area contributed by atoms with Crippen molar-refractivity contribution < 1.29 is 14.4 Å². The number of halogens is 1. The first-order chi connectivity index (χ1) is 10.4. The molecule has 0 radical (unpaired) electrons. The molecule has 1 aromatic carbocycles. The van der Waals surface area contributed by atoms with Gasteiger partial charge in [0.25, 0.3) is 5.91 Å². The summed E-state index contributed by atoms with van der Waals surface area (Å²) >= 11 is 5.74. The Balaban J connectivity index is 2.20. The minimum atomic E-state index is -0.257. The first-order valence-corrected chi connectivity index (χ1v) is 7.28. The molecule has 120 valence electrons. The van der Waals surface area contributed by atoms with E-state index in [4.69, 9.17) is 11.6 Å². The van der Waals surface area contributed by atoms with Gasteiger partial charge < -0.3 is 15.5 Å². The van der Waals surface area contributed by atoms with Crippen LogP contribution in [0.3, 0.4) is 0 Å². The number of carbonyl (C=O) groups is 3. The summed E-state index contributed by atoms with van der Waals surface area (Å²) in [6, 6.07) is 6.49. The van der Waals surface area contributed by atoms with Gasteiger partial charge in [0, 0.05) is 50.6 Å². The van der Waals surface area contributed by atoms with Crippen LogP contribution in [0.15, 0.2) is 24.3 Å². The van der Waals surface area contributed by atoms with Gasteiger partial charge in [-0.2, -0.15) is 0 Å². The van der Waals surface area contributed by atoms with Crippen molar-refractivity contribution in [2.24, 2.45) is 0 Å². The lowest BCUT2D eigenvalue weighted by Gasteiger charge is -2.10. The average molecular weight is 326 g/mol. The van der Waals surface area contributed by atoms with Crippen LogP contribution >= 0.6 is 11.6 Å². The van der Waals surface area contributed by atoms with Crippen LogP contribution in [-0.2, 0) is 9.59 Å². The summed E-state index contributed by atoms with van der Waals surface area (Å²) in [6.45, 7) is 0.524. The third kappa shape index (κ3) is 6.58. The minimum absolute atomic E-state index is 0.0451. The quantitative estimate of drug-likeness (QED) is 0.786. The van der Waals surface area contributed by atoms with Gasteiger partial charge in [0.15, 0.2) is 0 Å². The molecule has 0 bridgehead atoms. The van der Waals surface area contributed by atoms with Crippen molar-refractivity contribution >= 4 is 29.3 Å². The maximum atomic E-state index is 11.8. The lowest BCUT2D eigenvalue weighted by Crippen LogP contribution is -2.33. The van der Waals surface area contributed by atoms with Crippen molar-refractivity contribution in [3.05, 3.63) is 34.9 Å². The fourth-order valence-corrected chi connectivity index (χ4v) is 1.74. The molecule has 0 aliphatic rings. The number of nitrogens with zero attached hydrogens (tertiary/aromatic N) is 1. The van der Waals surface area contributed by atoms with Crippen LogP contribution in [-0.4, -0.2) is 49.8 Å². The molecule has 22 heavy (non-hydrogen) atoms. The molecule has 0 fully saturated rings. The van der Waals surface area contributed by atoms with Crippen LogP contribution in [0.1, 0.15) is 23.2 Å². The van der Waals surface area contributed by atoms with E-state index in [0.29, 0.717) is 17.1 Å². The number of hydrogen-bond acceptors (Lipinski definition) is 3. The van der Waals surface area contributed by atoms with Crippen LogP contribution in [0.5, 0.6) is 0 Å². The molecule has 6 nitrogen and oxygen atoms in total. The number of amides is 3. The van der Waals surface area contributed by atoms with Crippen molar-refractivity contribution in [2.75, 3.05) is 27.2 Å². The topological polar surface area (TPSA) is 78.5 Å². The highest BCUT2D eigenvalue weighted by atomic mass is 35.5. The van der Waals surface area contributed by atoms with Crippen LogP contribution in [0.4, 0.5) is 0 Å². The number of hydrogen-bond donors (Lipinski definition) is 2. The number of nitrogens with one attached hydrogen (secondary N) is 2. The van der Waals surface area contributed by atoms with Gasteiger partial charge >= 0.3 is 0 Å². The van der Waals surface area contributed by atoms with Crippen LogP contribution in [0, 0.1) is 0 Å². The minimum Gasteiger partial charge on any atom is -0.356 e. The van der Waals surface area contributed by atoms with Gasteiger partial charge in [-0.1, -0.05) is 11.6 Å². The van der Waals surface area contributed by atoms with Crippen molar-refractivity contribution in [2.45, 2.75) is 12.8 Å². The third-order valence-corrected chi connectivity index (χ3v) is 3.16. The van der Waals surface area contributed by atoms with Gasteiger partial charge in [0.1, 0.15) is 0 Å². The Labute approximate surface area is 134 Å². The van der Waals surface area contributed by atoms with E-state index >= 15 is 0 Å². The monoisotopic (exact) mass is 325 g/mol. The molecule has 1 aromatic rings. The average Bonchev–Trinajstić information content (AvgIpc) is 2.47. The summed E-state index contributed by atoms with van der Waals surface area (Å²) in [5, 5.41) is 5.84. The Bertz CT molecular complexity index is 529. The molecule has 0 aliphatic carbocycles. The number of benzene rings is 1. The predicted molar refractivity (Wildman–Crippen MR) is 84.7 cm³/mol. The Morgan fingerprint density at radius 2 is 1.59 bits per heavy atom. The molecule has 0 aromatic heterocycles. The SMILES string of the molecule is CN(C)C(=O)CCNC(=O)CCNC(=O)c1ccc(Cl)cc1. The van der Waals surface area contributed by atoms with Gasteiger partial charge in [-0.05, 0) is 24.3 Å². The molecule has 1 rings (SSSR count). The fraction of sp³-hybridized carbons (Fsp3) is 0.400. The van der Waals surface area contributed by atoms with Crippen LogP contribution in [0.2, 0.25) is 5.02 Å². The second kappa shape index (κ2) is 9.04. The molecule has 0 heterocycles. The summed E-state index contributed by atoms with van der Waals surface area (Å²) in [6.07, 6.45) is 0.422. The summed E-state index contributed by atoms with van der Waals surface area (Å²) in [5.74, 6) is -0.508. The van der Waals surface area contributed by atoms with Gasteiger partial charge in [-0.15, -0.1) is 0 Å². The molecule has 0 atom stereocenters. The Morgan fingerprint density at radius 1 is 1.00 bits per heavy atom. The second-order valence-electron chi connectivity index (χ2n) is 4.90. The largest absolute Gasteiger partial charge is 0.356 e. The van der Waals surface area contributed by atoms with E-state index in [2.05, 4.69) is 10.6 Å². The highest BCUT2D eigenvalue weighted by Crippen LogP contribution is 2.09. The maximum Gasteiger partial charge on any atom is 0.251 e. The van der Waals surface area contributed by atoms with E-state index in [1.807, 2.05) is 0 Å². The summed E-state index contributed by atoms with van der Waals surface area (Å²) < 4.78 is 0. The summed E-state index contributed by atoms with van der Waals surface area (Å²) in [5.41, 5.74) is 0.487. The molecular weight excluding hydrogens is 306 g/mol. The van der Waals surface area contributed by atoms with E-state index in [0.717, 1.165) is 0 Å². The zero-order valence-electron chi connectivity index (χ0n) is 12.7. The lowest BCUT2D eigenvalue weighted by molar-refractivity contribution is -0.128. The first-order valence-electron chi connectivity index (χ1n) is 6.90. The molecule has 7 heteroatoms. The van der Waals surface area contributed by atoms with Gasteiger partial charge in [-0.3, -0.25) is 14.4 Å². The van der Waals surface area contributed by atoms with E-state index in [1.54, 1.807) is 38.4 Å². The van der Waals surface area contributed by atoms with E-state index in [9.17, 15) is 14.4 Å². The zero-order valence-corrected chi connectivity index (χ0v) is 13.4. The number of rotatable bonds is 7. The first kappa shape index (κ1) is 18.0. The molecular formula is C15H20ClN3O3. The Kier molecular flexibility index (Phi) is 7.39. The maximum absolute atomic E-state index is 11.8. The third-order valence-electron chi connectivity index (χ3n) is 2.90. The van der Waals surface area contributed by atoms with Crippen molar-refractivity contribution in [3.8, 4) is 0 Å². The zero-order chi connectivity index (χ0) is 16.5. The molecule has 0 saturated heterocycles.